The summed E-state index contributed by atoms with van der Waals surface area (Å²) < 4.78 is 0. The zero-order chi connectivity index (χ0) is 7.84. The Hall–Kier alpha value is 0.133. The summed E-state index contributed by atoms with van der Waals surface area (Å²) in [6, 6.07) is 8.25. The molecule has 1 aromatic rings. The Labute approximate surface area is 96.7 Å². The van der Waals surface area contributed by atoms with Crippen molar-refractivity contribution in [3.63, 3.8) is 0 Å². The van der Waals surface area contributed by atoms with Crippen molar-refractivity contribution in [3.8, 4) is 0 Å². The molecule has 0 heterocycles. The van der Waals surface area contributed by atoms with Gasteiger partial charge in [-0.05, 0) is 18.1 Å². The van der Waals surface area contributed by atoms with Gasteiger partial charge in [0.1, 0.15) is 0 Å². The second-order valence-electron chi connectivity index (χ2n) is 2.88. The van der Waals surface area contributed by atoms with Gasteiger partial charge >= 0.3 is 0 Å². The fraction of sp³-hybridized carbons (Fsp3) is 0.200. The number of hydrogen-bond donors (Lipinski definition) is 0. The quantitative estimate of drug-likeness (QED) is 0.624. The summed E-state index contributed by atoms with van der Waals surface area (Å²) in [6.45, 7) is 2.07. The summed E-state index contributed by atoms with van der Waals surface area (Å²) in [5, 5.41) is 0.103. The van der Waals surface area contributed by atoms with Crippen LogP contribution in [-0.4, -0.2) is 0 Å². The number of alkyl halides is 1. The molecule has 0 amide bonds. The minimum atomic E-state index is 0. The zero-order valence-electron chi connectivity index (χ0n) is 6.84. The molecule has 1 atom stereocenters. The SMILES string of the molecule is CC1=Cc2ccccc2C1Cl.[Zr]. The molecule has 0 nitrogen and oxygen atoms in total. The van der Waals surface area contributed by atoms with Crippen LogP contribution in [-0.2, 0) is 26.2 Å². The Morgan fingerprint density at radius 2 is 1.92 bits per heavy atom. The topological polar surface area (TPSA) is 0 Å². The third-order valence-electron chi connectivity index (χ3n) is 2.05. The molecule has 0 N–H and O–H groups in total. The summed E-state index contributed by atoms with van der Waals surface area (Å²) in [5.41, 5.74) is 3.75. The Balaban J connectivity index is 0.000000720. The molecule has 0 fully saturated rings. The standard InChI is InChI=1S/C10H9Cl.Zr/c1-7-6-8-4-2-3-5-9(8)10(7)11;/h2-6,10H,1H3;. The van der Waals surface area contributed by atoms with E-state index in [4.69, 9.17) is 11.6 Å². The summed E-state index contributed by atoms with van der Waals surface area (Å²) in [4.78, 5) is 0. The molecule has 1 aliphatic rings. The number of rotatable bonds is 0. The molecular formula is C10H9ClZr. The van der Waals surface area contributed by atoms with Crippen molar-refractivity contribution < 1.29 is 26.2 Å². The first kappa shape index (κ1) is 10.2. The van der Waals surface area contributed by atoms with Crippen molar-refractivity contribution in [2.75, 3.05) is 0 Å². The molecule has 1 aliphatic carbocycles. The van der Waals surface area contributed by atoms with E-state index in [-0.39, 0.29) is 31.6 Å². The van der Waals surface area contributed by atoms with Gasteiger partial charge in [-0.15, -0.1) is 11.6 Å². The third-order valence-corrected chi connectivity index (χ3v) is 2.63. The van der Waals surface area contributed by atoms with Gasteiger partial charge in [0.15, 0.2) is 0 Å². The Bertz CT molecular complexity index is 317. The molecule has 1 unspecified atom stereocenters. The maximum Gasteiger partial charge on any atom is 0.0801 e. The normalized spacial score (nSPS) is 19.5. The van der Waals surface area contributed by atoms with Gasteiger partial charge in [0.25, 0.3) is 0 Å². The van der Waals surface area contributed by atoms with Crippen molar-refractivity contribution in [2.45, 2.75) is 12.3 Å². The van der Waals surface area contributed by atoms with E-state index in [9.17, 15) is 0 Å². The zero-order valence-corrected chi connectivity index (χ0v) is 10.1. The van der Waals surface area contributed by atoms with E-state index in [1.165, 1.54) is 16.7 Å². The largest absolute Gasteiger partial charge is 0.113 e. The molecule has 0 saturated heterocycles. The first-order valence-electron chi connectivity index (χ1n) is 3.70. The fourth-order valence-corrected chi connectivity index (χ4v) is 1.70. The van der Waals surface area contributed by atoms with Crippen LogP contribution in [0.15, 0.2) is 29.8 Å². The Morgan fingerprint density at radius 3 is 2.58 bits per heavy atom. The molecule has 60 valence electrons. The molecule has 12 heavy (non-hydrogen) atoms. The number of halogens is 1. The molecule has 2 heteroatoms. The predicted octanol–water partition coefficient (Wildman–Crippen LogP) is 3.38. The molecule has 0 spiro atoms. The smallest absolute Gasteiger partial charge is 0.0801 e. The van der Waals surface area contributed by atoms with E-state index >= 15 is 0 Å². The second-order valence-corrected chi connectivity index (χ2v) is 3.32. The van der Waals surface area contributed by atoms with E-state index in [0.717, 1.165) is 0 Å². The molecule has 0 bridgehead atoms. The summed E-state index contributed by atoms with van der Waals surface area (Å²) in [7, 11) is 0. The molecule has 2 rings (SSSR count). The number of allylic oxidation sites excluding steroid dienone is 1. The van der Waals surface area contributed by atoms with Crippen molar-refractivity contribution >= 4 is 17.7 Å². The van der Waals surface area contributed by atoms with Gasteiger partial charge in [-0.1, -0.05) is 35.9 Å². The monoisotopic (exact) mass is 254 g/mol. The van der Waals surface area contributed by atoms with Gasteiger partial charge in [-0.2, -0.15) is 0 Å². The van der Waals surface area contributed by atoms with E-state index in [2.05, 4.69) is 25.1 Å². The maximum atomic E-state index is 6.12. The molecule has 0 radical (unpaired) electrons. The molecule has 0 aromatic heterocycles. The van der Waals surface area contributed by atoms with Gasteiger partial charge < -0.3 is 0 Å². The van der Waals surface area contributed by atoms with Gasteiger partial charge in [0, 0.05) is 26.2 Å². The summed E-state index contributed by atoms with van der Waals surface area (Å²) in [5.74, 6) is 0. The summed E-state index contributed by atoms with van der Waals surface area (Å²) >= 11 is 6.12. The number of fused-ring (bicyclic) bond motifs is 1. The Kier molecular flexibility index (Phi) is 3.32. The third kappa shape index (κ3) is 1.58. The van der Waals surface area contributed by atoms with Crippen molar-refractivity contribution in [3.05, 3.63) is 41.0 Å². The minimum Gasteiger partial charge on any atom is -0.113 e. The van der Waals surface area contributed by atoms with Gasteiger partial charge in [-0.3, -0.25) is 0 Å². The first-order valence-corrected chi connectivity index (χ1v) is 4.14. The van der Waals surface area contributed by atoms with Crippen molar-refractivity contribution in [1.29, 1.82) is 0 Å². The van der Waals surface area contributed by atoms with E-state index < -0.39 is 0 Å². The van der Waals surface area contributed by atoms with Crippen LogP contribution in [0.5, 0.6) is 0 Å². The average Bonchev–Trinajstić information content (AvgIpc) is 2.30. The van der Waals surface area contributed by atoms with Gasteiger partial charge in [0.05, 0.1) is 5.38 Å². The second kappa shape index (κ2) is 3.89. The van der Waals surface area contributed by atoms with Crippen LogP contribution in [0.4, 0.5) is 0 Å². The van der Waals surface area contributed by atoms with Crippen molar-refractivity contribution in [2.24, 2.45) is 0 Å². The van der Waals surface area contributed by atoms with E-state index in [1.807, 2.05) is 12.1 Å². The van der Waals surface area contributed by atoms with Crippen LogP contribution in [0.3, 0.4) is 0 Å². The molecule has 0 saturated carbocycles. The Morgan fingerprint density at radius 1 is 1.25 bits per heavy atom. The first-order chi connectivity index (χ1) is 5.29. The van der Waals surface area contributed by atoms with Crippen LogP contribution in [0, 0.1) is 0 Å². The van der Waals surface area contributed by atoms with Crippen LogP contribution in [0.1, 0.15) is 23.4 Å². The fourth-order valence-electron chi connectivity index (χ4n) is 1.44. The molecule has 1 aromatic carbocycles. The summed E-state index contributed by atoms with van der Waals surface area (Å²) in [6.07, 6.45) is 2.15. The van der Waals surface area contributed by atoms with E-state index in [0.29, 0.717) is 0 Å². The molecule has 0 aliphatic heterocycles. The van der Waals surface area contributed by atoms with Crippen LogP contribution in [0.2, 0.25) is 0 Å². The predicted molar refractivity (Wildman–Crippen MR) is 48.7 cm³/mol. The van der Waals surface area contributed by atoms with Gasteiger partial charge in [-0.25, -0.2) is 0 Å². The van der Waals surface area contributed by atoms with Crippen molar-refractivity contribution in [1.82, 2.24) is 0 Å². The minimum absolute atomic E-state index is 0. The number of benzene rings is 1. The average molecular weight is 256 g/mol. The van der Waals surface area contributed by atoms with Crippen LogP contribution >= 0.6 is 11.6 Å². The number of hydrogen-bond acceptors (Lipinski definition) is 0. The van der Waals surface area contributed by atoms with E-state index in [1.54, 1.807) is 0 Å². The van der Waals surface area contributed by atoms with Crippen LogP contribution in [0.25, 0.3) is 6.08 Å². The maximum absolute atomic E-state index is 6.12. The molecular weight excluding hydrogens is 247 g/mol. The van der Waals surface area contributed by atoms with Crippen LogP contribution < -0.4 is 0 Å². The van der Waals surface area contributed by atoms with Gasteiger partial charge in [0.2, 0.25) is 0 Å².